The van der Waals surface area contributed by atoms with Crippen molar-refractivity contribution in [1.29, 1.82) is 0 Å². The molecule has 32 heavy (non-hydrogen) atoms. The molecule has 0 aromatic heterocycles. The van der Waals surface area contributed by atoms with Crippen LogP contribution in [0.1, 0.15) is 69.2 Å². The average Bonchev–Trinajstić information content (AvgIpc) is 3.07. The molecule has 1 atom stereocenters. The maximum Gasteiger partial charge on any atom is 0.338 e. The van der Waals surface area contributed by atoms with Crippen molar-refractivity contribution in [2.45, 2.75) is 45.2 Å². The third-order valence-corrected chi connectivity index (χ3v) is 6.13. The van der Waals surface area contributed by atoms with Gasteiger partial charge in [-0.05, 0) is 55.5 Å². The van der Waals surface area contributed by atoms with Gasteiger partial charge < -0.3 is 9.64 Å². The van der Waals surface area contributed by atoms with Gasteiger partial charge in [-0.25, -0.2) is 4.79 Å². The Kier molecular flexibility index (Phi) is 6.35. The van der Waals surface area contributed by atoms with Gasteiger partial charge in [0.1, 0.15) is 0 Å². The van der Waals surface area contributed by atoms with Crippen molar-refractivity contribution < 1.29 is 23.9 Å². The summed E-state index contributed by atoms with van der Waals surface area (Å²) in [6.07, 6.45) is 3.95. The molecule has 7 heteroatoms. The first-order chi connectivity index (χ1) is 15.5. The fraction of sp³-hybridized carbons (Fsp3) is 0.360. The van der Waals surface area contributed by atoms with Crippen LogP contribution in [-0.4, -0.2) is 52.7 Å². The molecule has 0 spiro atoms. The zero-order valence-electron chi connectivity index (χ0n) is 18.1. The van der Waals surface area contributed by atoms with Crippen molar-refractivity contribution in [2.75, 3.05) is 13.2 Å². The number of likely N-dealkylation sites (tertiary alicyclic amines) is 1. The van der Waals surface area contributed by atoms with Gasteiger partial charge in [-0.3, -0.25) is 19.3 Å². The van der Waals surface area contributed by atoms with E-state index >= 15 is 0 Å². The molecule has 7 nitrogen and oxygen atoms in total. The Morgan fingerprint density at radius 2 is 1.72 bits per heavy atom. The largest absolute Gasteiger partial charge is 0.452 e. The molecule has 2 aliphatic heterocycles. The molecule has 166 valence electrons. The van der Waals surface area contributed by atoms with Gasteiger partial charge in [0.2, 0.25) is 0 Å². The molecule has 0 N–H and O–H groups in total. The van der Waals surface area contributed by atoms with Crippen LogP contribution in [0.5, 0.6) is 0 Å². The van der Waals surface area contributed by atoms with Crippen LogP contribution in [0.15, 0.2) is 48.5 Å². The third kappa shape index (κ3) is 4.28. The summed E-state index contributed by atoms with van der Waals surface area (Å²) in [5.74, 6) is -1.48. The maximum atomic E-state index is 12.6. The van der Waals surface area contributed by atoms with Gasteiger partial charge in [0.05, 0.1) is 23.2 Å². The highest BCUT2D eigenvalue weighted by atomic mass is 16.5. The summed E-state index contributed by atoms with van der Waals surface area (Å²) in [6, 6.07) is 13.5. The first-order valence-corrected chi connectivity index (χ1v) is 11.0. The number of hydrogen-bond donors (Lipinski definition) is 0. The quantitative estimate of drug-likeness (QED) is 0.514. The number of piperidine rings is 1. The van der Waals surface area contributed by atoms with Gasteiger partial charge >= 0.3 is 5.97 Å². The van der Waals surface area contributed by atoms with E-state index in [0.29, 0.717) is 23.2 Å². The van der Waals surface area contributed by atoms with Crippen LogP contribution in [0, 0.1) is 0 Å². The van der Waals surface area contributed by atoms with Crippen LogP contribution in [0.4, 0.5) is 0 Å². The molecular weight excluding hydrogens is 408 g/mol. The van der Waals surface area contributed by atoms with Crippen molar-refractivity contribution in [3.05, 3.63) is 70.8 Å². The lowest BCUT2D eigenvalue weighted by atomic mass is 10.00. The van der Waals surface area contributed by atoms with Gasteiger partial charge in [0.15, 0.2) is 6.61 Å². The number of ether oxygens (including phenoxy) is 1. The monoisotopic (exact) mass is 434 g/mol. The molecule has 3 amide bonds. The summed E-state index contributed by atoms with van der Waals surface area (Å²) < 4.78 is 5.28. The number of carbonyl (C=O) groups is 4. The number of fused-ring (bicyclic) bond motifs is 1. The number of imide groups is 1. The van der Waals surface area contributed by atoms with Crippen molar-refractivity contribution in [1.82, 2.24) is 9.80 Å². The van der Waals surface area contributed by atoms with Crippen LogP contribution in [0.2, 0.25) is 0 Å². The second kappa shape index (κ2) is 9.34. The van der Waals surface area contributed by atoms with Gasteiger partial charge in [-0.2, -0.15) is 0 Å². The van der Waals surface area contributed by atoms with E-state index in [2.05, 4.69) is 6.92 Å². The average molecular weight is 434 g/mol. The van der Waals surface area contributed by atoms with Gasteiger partial charge in [-0.15, -0.1) is 0 Å². The van der Waals surface area contributed by atoms with Gasteiger partial charge in [-0.1, -0.05) is 31.2 Å². The number of hydrogen-bond acceptors (Lipinski definition) is 5. The number of rotatable bonds is 6. The fourth-order valence-corrected chi connectivity index (χ4v) is 4.41. The topological polar surface area (TPSA) is 84.0 Å². The zero-order chi connectivity index (χ0) is 22.7. The van der Waals surface area contributed by atoms with Gasteiger partial charge in [0, 0.05) is 12.6 Å². The molecule has 2 aliphatic rings. The van der Waals surface area contributed by atoms with E-state index in [0.717, 1.165) is 25.7 Å². The highest BCUT2D eigenvalue weighted by Gasteiger charge is 2.35. The van der Waals surface area contributed by atoms with Crippen LogP contribution in [0.3, 0.4) is 0 Å². The highest BCUT2D eigenvalue weighted by Crippen LogP contribution is 2.24. The van der Waals surface area contributed by atoms with Crippen LogP contribution in [-0.2, 0) is 16.1 Å². The smallest absolute Gasteiger partial charge is 0.338 e. The predicted octanol–water partition coefficient (Wildman–Crippen LogP) is 3.43. The second-order valence-electron chi connectivity index (χ2n) is 8.16. The van der Waals surface area contributed by atoms with E-state index in [9.17, 15) is 19.2 Å². The van der Waals surface area contributed by atoms with Crippen LogP contribution in [0.25, 0.3) is 0 Å². The molecule has 0 aliphatic carbocycles. The lowest BCUT2D eigenvalue weighted by Crippen LogP contribution is -2.45. The Bertz CT molecular complexity index is 1030. The fourth-order valence-electron chi connectivity index (χ4n) is 4.41. The normalized spacial score (nSPS) is 18.0. The van der Waals surface area contributed by atoms with Crippen molar-refractivity contribution in [2.24, 2.45) is 0 Å². The standard InChI is InChI=1S/C25H26N2O5/c1-2-19-10-5-6-13-26(19)22(28)16-32-25(31)18-9-7-8-17(14-18)15-27-23(29)20-11-3-4-12-21(20)24(27)30/h3-4,7-9,11-12,14,19H,2,5-6,10,13,15-16H2,1H3. The van der Waals surface area contributed by atoms with Crippen molar-refractivity contribution >= 4 is 23.7 Å². The number of carbonyl (C=O) groups excluding carboxylic acids is 4. The minimum atomic E-state index is -0.604. The molecule has 2 aromatic rings. The predicted molar refractivity (Wildman–Crippen MR) is 117 cm³/mol. The Labute approximate surface area is 187 Å². The lowest BCUT2D eigenvalue weighted by molar-refractivity contribution is -0.138. The Morgan fingerprint density at radius 3 is 2.41 bits per heavy atom. The van der Waals surface area contributed by atoms with Crippen LogP contribution < -0.4 is 0 Å². The summed E-state index contributed by atoms with van der Waals surface area (Å²) in [5.41, 5.74) is 1.67. The second-order valence-corrected chi connectivity index (χ2v) is 8.16. The zero-order valence-corrected chi connectivity index (χ0v) is 18.1. The number of esters is 1. The highest BCUT2D eigenvalue weighted by molar-refractivity contribution is 6.21. The summed E-state index contributed by atoms with van der Waals surface area (Å²) in [5, 5.41) is 0. The van der Waals surface area contributed by atoms with Gasteiger partial charge in [0.25, 0.3) is 17.7 Å². The summed E-state index contributed by atoms with van der Waals surface area (Å²) in [4.78, 5) is 53.2. The molecule has 1 saturated heterocycles. The minimum Gasteiger partial charge on any atom is -0.452 e. The van der Waals surface area contributed by atoms with E-state index in [1.54, 1.807) is 48.5 Å². The Hall–Kier alpha value is -3.48. The van der Waals surface area contributed by atoms with E-state index < -0.39 is 5.97 Å². The molecule has 0 radical (unpaired) electrons. The molecule has 0 saturated carbocycles. The van der Waals surface area contributed by atoms with E-state index in [4.69, 9.17) is 4.74 Å². The van der Waals surface area contributed by atoms with E-state index in [-0.39, 0.29) is 42.5 Å². The SMILES string of the molecule is CCC1CCCCN1C(=O)COC(=O)c1cccc(CN2C(=O)c3ccccc3C2=O)c1. The summed E-state index contributed by atoms with van der Waals surface area (Å²) >= 11 is 0. The number of benzene rings is 2. The Morgan fingerprint density at radius 1 is 1.00 bits per heavy atom. The lowest BCUT2D eigenvalue weighted by Gasteiger charge is -2.35. The molecule has 2 aromatic carbocycles. The molecular formula is C25H26N2O5. The molecule has 1 fully saturated rings. The molecule has 0 bridgehead atoms. The number of nitrogens with zero attached hydrogens (tertiary/aromatic N) is 2. The number of amides is 3. The third-order valence-electron chi connectivity index (χ3n) is 6.13. The maximum absolute atomic E-state index is 12.6. The summed E-state index contributed by atoms with van der Waals surface area (Å²) in [7, 11) is 0. The first-order valence-electron chi connectivity index (χ1n) is 11.0. The first kappa shape index (κ1) is 21.7. The van der Waals surface area contributed by atoms with Crippen molar-refractivity contribution in [3.8, 4) is 0 Å². The van der Waals surface area contributed by atoms with Crippen LogP contribution >= 0.6 is 0 Å². The van der Waals surface area contributed by atoms with E-state index in [1.165, 1.54) is 4.90 Å². The van der Waals surface area contributed by atoms with E-state index in [1.807, 2.05) is 4.90 Å². The minimum absolute atomic E-state index is 0.0539. The molecule has 2 heterocycles. The van der Waals surface area contributed by atoms with Crippen molar-refractivity contribution in [3.63, 3.8) is 0 Å². The molecule has 4 rings (SSSR count). The Balaban J connectivity index is 1.39. The molecule has 1 unspecified atom stereocenters. The summed E-state index contributed by atoms with van der Waals surface area (Å²) in [6.45, 7) is 2.52.